The Hall–Kier alpha value is -1.35. The van der Waals surface area contributed by atoms with Gasteiger partial charge in [-0.05, 0) is 18.9 Å². The minimum atomic E-state index is -0.177. The summed E-state index contributed by atoms with van der Waals surface area (Å²) in [4.78, 5) is 5.56. The highest BCUT2D eigenvalue weighted by Crippen LogP contribution is 2.27. The summed E-state index contributed by atoms with van der Waals surface area (Å²) in [7, 11) is 0. The highest BCUT2D eigenvalue weighted by atomic mass is 16.8. The summed E-state index contributed by atoms with van der Waals surface area (Å²) >= 11 is 0. The Balaban J connectivity index is 2.07. The number of hydrogen-bond acceptors (Lipinski definition) is 3. The SMILES string of the molecule is CCCC[C@H]1CC(c2ccccc2)=NO[C@H]1OCC. The molecule has 0 aromatic heterocycles. The molecule has 1 aliphatic heterocycles. The van der Waals surface area contributed by atoms with Crippen molar-refractivity contribution < 1.29 is 9.57 Å². The van der Waals surface area contributed by atoms with Gasteiger partial charge in [0.25, 0.3) is 0 Å². The van der Waals surface area contributed by atoms with Crippen molar-refractivity contribution in [1.29, 1.82) is 0 Å². The maximum Gasteiger partial charge on any atom is 0.230 e. The van der Waals surface area contributed by atoms with Crippen LogP contribution in [0.4, 0.5) is 0 Å². The minimum Gasteiger partial charge on any atom is -0.363 e. The third-order valence-corrected chi connectivity index (χ3v) is 3.47. The molecule has 2 atom stereocenters. The average Bonchev–Trinajstić information content (AvgIpc) is 2.47. The quantitative estimate of drug-likeness (QED) is 0.775. The van der Waals surface area contributed by atoms with Crippen LogP contribution in [0.2, 0.25) is 0 Å². The Morgan fingerprint density at radius 3 is 2.74 bits per heavy atom. The summed E-state index contributed by atoms with van der Waals surface area (Å²) < 4.78 is 5.65. The zero-order chi connectivity index (χ0) is 13.5. The van der Waals surface area contributed by atoms with Crippen molar-refractivity contribution in [2.24, 2.45) is 11.1 Å². The third-order valence-electron chi connectivity index (χ3n) is 3.47. The van der Waals surface area contributed by atoms with Gasteiger partial charge in [0.15, 0.2) is 0 Å². The number of oxime groups is 1. The van der Waals surface area contributed by atoms with Crippen LogP contribution in [0, 0.1) is 5.92 Å². The van der Waals surface area contributed by atoms with Crippen LogP contribution in [0.3, 0.4) is 0 Å². The fraction of sp³-hybridized carbons (Fsp3) is 0.562. The molecule has 0 unspecified atom stereocenters. The minimum absolute atomic E-state index is 0.177. The van der Waals surface area contributed by atoms with E-state index in [0.29, 0.717) is 12.5 Å². The predicted octanol–water partition coefficient (Wildman–Crippen LogP) is 3.98. The van der Waals surface area contributed by atoms with Crippen LogP contribution in [-0.4, -0.2) is 18.6 Å². The summed E-state index contributed by atoms with van der Waals surface area (Å²) in [6.45, 7) is 4.88. The van der Waals surface area contributed by atoms with Gasteiger partial charge in [-0.3, -0.25) is 0 Å². The van der Waals surface area contributed by atoms with Gasteiger partial charge in [-0.1, -0.05) is 55.3 Å². The lowest BCUT2D eigenvalue weighted by molar-refractivity contribution is -0.176. The number of rotatable bonds is 6. The van der Waals surface area contributed by atoms with Crippen molar-refractivity contribution in [3.63, 3.8) is 0 Å². The Kier molecular flexibility index (Phi) is 5.40. The number of unbranched alkanes of at least 4 members (excludes halogenated alkanes) is 1. The van der Waals surface area contributed by atoms with Gasteiger partial charge in [-0.15, -0.1) is 0 Å². The summed E-state index contributed by atoms with van der Waals surface area (Å²) in [6, 6.07) is 10.3. The van der Waals surface area contributed by atoms with Crippen molar-refractivity contribution in [2.45, 2.75) is 45.8 Å². The zero-order valence-corrected chi connectivity index (χ0v) is 11.8. The van der Waals surface area contributed by atoms with E-state index in [1.54, 1.807) is 0 Å². The van der Waals surface area contributed by atoms with Gasteiger partial charge in [0, 0.05) is 18.9 Å². The molecule has 0 bridgehead atoms. The molecule has 1 aromatic rings. The first kappa shape index (κ1) is 14.1. The molecule has 1 heterocycles. The molecule has 0 saturated carbocycles. The van der Waals surface area contributed by atoms with E-state index in [9.17, 15) is 0 Å². The Bertz CT molecular complexity index is 402. The third kappa shape index (κ3) is 3.80. The van der Waals surface area contributed by atoms with E-state index in [4.69, 9.17) is 9.57 Å². The van der Waals surface area contributed by atoms with E-state index in [1.807, 2.05) is 25.1 Å². The molecule has 0 amide bonds. The first-order valence-electron chi connectivity index (χ1n) is 7.24. The van der Waals surface area contributed by atoms with E-state index >= 15 is 0 Å². The first-order chi connectivity index (χ1) is 9.35. The van der Waals surface area contributed by atoms with E-state index in [2.05, 4.69) is 24.2 Å². The molecular formula is C16H23NO2. The lowest BCUT2D eigenvalue weighted by atomic mass is 9.92. The second-order valence-corrected chi connectivity index (χ2v) is 4.94. The smallest absolute Gasteiger partial charge is 0.230 e. The Labute approximate surface area is 115 Å². The Morgan fingerprint density at radius 2 is 2.05 bits per heavy atom. The van der Waals surface area contributed by atoms with Gasteiger partial charge in [0.1, 0.15) is 0 Å². The number of ether oxygens (including phenoxy) is 1. The molecule has 3 heteroatoms. The molecule has 3 nitrogen and oxygen atoms in total. The van der Waals surface area contributed by atoms with Gasteiger partial charge < -0.3 is 9.57 Å². The monoisotopic (exact) mass is 261 g/mol. The van der Waals surface area contributed by atoms with Crippen molar-refractivity contribution in [3.05, 3.63) is 35.9 Å². The number of hydrogen-bond donors (Lipinski definition) is 0. The van der Waals surface area contributed by atoms with Gasteiger partial charge in [0.2, 0.25) is 6.29 Å². The summed E-state index contributed by atoms with van der Waals surface area (Å²) in [5, 5.41) is 4.25. The highest BCUT2D eigenvalue weighted by molar-refractivity contribution is 6.00. The van der Waals surface area contributed by atoms with Crippen LogP contribution in [0.1, 0.15) is 45.1 Å². The molecule has 1 aliphatic rings. The predicted molar refractivity (Wildman–Crippen MR) is 77.1 cm³/mol. The van der Waals surface area contributed by atoms with E-state index in [0.717, 1.165) is 24.1 Å². The van der Waals surface area contributed by atoms with Gasteiger partial charge in [0.05, 0.1) is 5.71 Å². The maximum atomic E-state index is 5.65. The summed E-state index contributed by atoms with van der Waals surface area (Å²) in [5.41, 5.74) is 2.19. The van der Waals surface area contributed by atoms with E-state index in [-0.39, 0.29) is 6.29 Å². The van der Waals surface area contributed by atoms with Crippen molar-refractivity contribution in [3.8, 4) is 0 Å². The lowest BCUT2D eigenvalue weighted by Crippen LogP contribution is -2.32. The summed E-state index contributed by atoms with van der Waals surface area (Å²) in [5.74, 6) is 0.410. The lowest BCUT2D eigenvalue weighted by Gasteiger charge is -2.29. The van der Waals surface area contributed by atoms with Crippen LogP contribution in [0.15, 0.2) is 35.5 Å². The molecule has 0 spiro atoms. The molecule has 1 aromatic carbocycles. The van der Waals surface area contributed by atoms with Crippen LogP contribution < -0.4 is 0 Å². The summed E-state index contributed by atoms with van der Waals surface area (Å²) in [6.07, 6.45) is 4.30. The topological polar surface area (TPSA) is 30.8 Å². The number of benzene rings is 1. The van der Waals surface area contributed by atoms with Crippen molar-refractivity contribution in [2.75, 3.05) is 6.61 Å². The fourth-order valence-corrected chi connectivity index (χ4v) is 2.42. The molecule has 2 rings (SSSR count). The molecule has 0 fully saturated rings. The molecule has 0 N–H and O–H groups in total. The largest absolute Gasteiger partial charge is 0.363 e. The molecular weight excluding hydrogens is 238 g/mol. The zero-order valence-electron chi connectivity index (χ0n) is 11.8. The second kappa shape index (κ2) is 7.29. The average molecular weight is 261 g/mol. The van der Waals surface area contributed by atoms with Gasteiger partial charge in [-0.2, -0.15) is 0 Å². The normalized spacial score (nSPS) is 22.7. The molecule has 0 saturated heterocycles. The highest BCUT2D eigenvalue weighted by Gasteiger charge is 2.29. The van der Waals surface area contributed by atoms with Crippen molar-refractivity contribution in [1.82, 2.24) is 0 Å². The van der Waals surface area contributed by atoms with Crippen molar-refractivity contribution >= 4 is 5.71 Å². The molecule has 0 aliphatic carbocycles. The molecule has 104 valence electrons. The molecule has 0 radical (unpaired) electrons. The first-order valence-corrected chi connectivity index (χ1v) is 7.24. The van der Waals surface area contributed by atoms with Crippen LogP contribution in [0.5, 0.6) is 0 Å². The Morgan fingerprint density at radius 1 is 1.26 bits per heavy atom. The van der Waals surface area contributed by atoms with Gasteiger partial charge in [-0.25, -0.2) is 0 Å². The fourth-order valence-electron chi connectivity index (χ4n) is 2.42. The standard InChI is InChI=1S/C16H23NO2/c1-3-5-9-14-12-15(13-10-7-6-8-11-13)17-19-16(14)18-4-2/h6-8,10-11,14,16H,3-5,9,12H2,1-2H3/t14-,16+/m0/s1. The second-order valence-electron chi connectivity index (χ2n) is 4.94. The van der Waals surface area contributed by atoms with Gasteiger partial charge >= 0.3 is 0 Å². The van der Waals surface area contributed by atoms with Crippen LogP contribution in [0.25, 0.3) is 0 Å². The van der Waals surface area contributed by atoms with Crippen LogP contribution >= 0.6 is 0 Å². The van der Waals surface area contributed by atoms with E-state index < -0.39 is 0 Å². The maximum absolute atomic E-state index is 5.65. The van der Waals surface area contributed by atoms with Crippen LogP contribution in [-0.2, 0) is 9.57 Å². The van der Waals surface area contributed by atoms with E-state index in [1.165, 1.54) is 12.8 Å². The molecule has 19 heavy (non-hydrogen) atoms. The number of nitrogens with zero attached hydrogens (tertiary/aromatic N) is 1.